The molecule has 5 nitrogen and oxygen atoms in total. The number of morpholine rings is 1. The van der Waals surface area contributed by atoms with Gasteiger partial charge in [-0.3, -0.25) is 9.69 Å². The Kier molecular flexibility index (Phi) is 5.18. The molecule has 3 rings (SSSR count). The summed E-state index contributed by atoms with van der Waals surface area (Å²) in [6.45, 7) is 3.93. The standard InChI is InChI=1S/C18H26N2O3/c1-13-17(18(19)21)20(9-10-22-13)12-14-5-4-8-16(11-14)23-15-6-2-3-7-15/h4-5,8,11,13,15,17H,2-3,6-7,9-10,12H2,1H3,(H2,19,21)/t13-,17+/m1/s1. The van der Waals surface area contributed by atoms with Gasteiger partial charge in [0.1, 0.15) is 11.8 Å². The quantitative estimate of drug-likeness (QED) is 0.903. The fourth-order valence-electron chi connectivity index (χ4n) is 3.62. The summed E-state index contributed by atoms with van der Waals surface area (Å²) < 4.78 is 11.6. The number of nitrogens with two attached hydrogens (primary N) is 1. The van der Waals surface area contributed by atoms with E-state index < -0.39 is 0 Å². The first kappa shape index (κ1) is 16.3. The highest BCUT2D eigenvalue weighted by Crippen LogP contribution is 2.25. The van der Waals surface area contributed by atoms with Gasteiger partial charge in [-0.1, -0.05) is 12.1 Å². The molecule has 1 saturated heterocycles. The Morgan fingerprint density at radius 1 is 1.39 bits per heavy atom. The Bertz CT molecular complexity index is 543. The van der Waals surface area contributed by atoms with Crippen LogP contribution in [0.2, 0.25) is 0 Å². The van der Waals surface area contributed by atoms with E-state index >= 15 is 0 Å². The average molecular weight is 318 g/mol. The third kappa shape index (κ3) is 4.03. The summed E-state index contributed by atoms with van der Waals surface area (Å²) in [5.41, 5.74) is 6.69. The molecule has 0 radical (unpaired) electrons. The van der Waals surface area contributed by atoms with Crippen LogP contribution >= 0.6 is 0 Å². The van der Waals surface area contributed by atoms with Gasteiger partial charge >= 0.3 is 0 Å². The van der Waals surface area contributed by atoms with Gasteiger partial charge in [-0.25, -0.2) is 0 Å². The topological polar surface area (TPSA) is 64.8 Å². The monoisotopic (exact) mass is 318 g/mol. The predicted molar refractivity (Wildman–Crippen MR) is 88.1 cm³/mol. The van der Waals surface area contributed by atoms with Crippen molar-refractivity contribution in [3.8, 4) is 5.75 Å². The van der Waals surface area contributed by atoms with Crippen molar-refractivity contribution < 1.29 is 14.3 Å². The van der Waals surface area contributed by atoms with E-state index in [9.17, 15) is 4.79 Å². The minimum absolute atomic E-state index is 0.167. The van der Waals surface area contributed by atoms with Gasteiger partial charge in [-0.05, 0) is 50.3 Å². The molecular formula is C18H26N2O3. The molecule has 0 unspecified atom stereocenters. The molecule has 2 atom stereocenters. The molecule has 1 heterocycles. The van der Waals surface area contributed by atoms with Crippen molar-refractivity contribution in [2.75, 3.05) is 13.2 Å². The maximum atomic E-state index is 11.7. The molecule has 2 N–H and O–H groups in total. The molecule has 1 aromatic rings. The summed E-state index contributed by atoms with van der Waals surface area (Å²) in [6.07, 6.45) is 5.00. The maximum Gasteiger partial charge on any atom is 0.237 e. The summed E-state index contributed by atoms with van der Waals surface area (Å²) in [5.74, 6) is 0.599. The van der Waals surface area contributed by atoms with Gasteiger partial charge in [0.05, 0.1) is 18.8 Å². The van der Waals surface area contributed by atoms with Gasteiger partial charge in [0.15, 0.2) is 0 Å². The zero-order valence-corrected chi connectivity index (χ0v) is 13.7. The van der Waals surface area contributed by atoms with E-state index in [4.69, 9.17) is 15.2 Å². The van der Waals surface area contributed by atoms with Crippen LogP contribution in [0.5, 0.6) is 5.75 Å². The molecule has 0 spiro atoms. The lowest BCUT2D eigenvalue weighted by atomic mass is 10.1. The fraction of sp³-hybridized carbons (Fsp3) is 0.611. The van der Waals surface area contributed by atoms with Gasteiger partial charge in [-0.15, -0.1) is 0 Å². The van der Waals surface area contributed by atoms with E-state index in [0.29, 0.717) is 25.8 Å². The lowest BCUT2D eigenvalue weighted by Gasteiger charge is -2.37. The molecule has 1 amide bonds. The Balaban J connectivity index is 1.67. The van der Waals surface area contributed by atoms with Crippen LogP contribution in [-0.2, 0) is 16.1 Å². The van der Waals surface area contributed by atoms with E-state index in [2.05, 4.69) is 17.0 Å². The van der Waals surface area contributed by atoms with Gasteiger partial charge in [-0.2, -0.15) is 0 Å². The summed E-state index contributed by atoms with van der Waals surface area (Å²) in [7, 11) is 0. The molecule has 0 bridgehead atoms. The molecule has 126 valence electrons. The normalized spacial score (nSPS) is 26.3. The SMILES string of the molecule is C[C@H]1OCCN(Cc2cccc(OC3CCCC3)c2)[C@@H]1C(N)=O. The molecule has 5 heteroatoms. The number of hydrogen-bond donors (Lipinski definition) is 1. The molecular weight excluding hydrogens is 292 g/mol. The van der Waals surface area contributed by atoms with E-state index in [0.717, 1.165) is 24.2 Å². The van der Waals surface area contributed by atoms with Crippen molar-refractivity contribution in [1.29, 1.82) is 0 Å². The summed E-state index contributed by atoms with van der Waals surface area (Å²) in [5, 5.41) is 0. The van der Waals surface area contributed by atoms with E-state index in [1.54, 1.807) is 0 Å². The van der Waals surface area contributed by atoms with Gasteiger partial charge < -0.3 is 15.2 Å². The number of carbonyl (C=O) groups excluding carboxylic acids is 1. The molecule has 23 heavy (non-hydrogen) atoms. The first-order valence-electron chi connectivity index (χ1n) is 8.54. The number of benzene rings is 1. The largest absolute Gasteiger partial charge is 0.490 e. The zero-order chi connectivity index (χ0) is 16.2. The van der Waals surface area contributed by atoms with Gasteiger partial charge in [0.25, 0.3) is 0 Å². The Morgan fingerprint density at radius 3 is 2.91 bits per heavy atom. The van der Waals surface area contributed by atoms with Crippen LogP contribution in [0.1, 0.15) is 38.2 Å². The molecule has 2 aliphatic rings. The number of primary amides is 1. The van der Waals surface area contributed by atoms with Crippen LogP contribution in [0.15, 0.2) is 24.3 Å². The maximum absolute atomic E-state index is 11.7. The second kappa shape index (κ2) is 7.32. The molecule has 1 aromatic carbocycles. The number of amides is 1. The first-order chi connectivity index (χ1) is 11.1. The molecule has 2 fully saturated rings. The minimum atomic E-state index is -0.372. The predicted octanol–water partition coefficient (Wildman–Crippen LogP) is 2.08. The lowest BCUT2D eigenvalue weighted by Crippen LogP contribution is -2.56. The highest BCUT2D eigenvalue weighted by molar-refractivity contribution is 5.80. The molecule has 1 saturated carbocycles. The van der Waals surface area contributed by atoms with Crippen LogP contribution in [0, 0.1) is 0 Å². The van der Waals surface area contributed by atoms with Gasteiger partial charge in [0, 0.05) is 13.1 Å². The zero-order valence-electron chi connectivity index (χ0n) is 13.7. The second-order valence-corrected chi connectivity index (χ2v) is 6.57. The molecule has 1 aliphatic carbocycles. The van der Waals surface area contributed by atoms with Crippen molar-refractivity contribution in [2.24, 2.45) is 5.73 Å². The minimum Gasteiger partial charge on any atom is -0.490 e. The van der Waals surface area contributed by atoms with E-state index in [1.807, 2.05) is 19.1 Å². The summed E-state index contributed by atoms with van der Waals surface area (Å²) in [6, 6.07) is 7.80. The Hall–Kier alpha value is -1.59. The highest BCUT2D eigenvalue weighted by atomic mass is 16.5. The second-order valence-electron chi connectivity index (χ2n) is 6.57. The fourth-order valence-corrected chi connectivity index (χ4v) is 3.62. The van der Waals surface area contributed by atoms with Crippen molar-refractivity contribution >= 4 is 5.91 Å². The van der Waals surface area contributed by atoms with E-state index in [1.165, 1.54) is 12.8 Å². The molecule has 1 aliphatic heterocycles. The first-order valence-corrected chi connectivity index (χ1v) is 8.54. The van der Waals surface area contributed by atoms with Crippen molar-refractivity contribution in [1.82, 2.24) is 4.90 Å². The van der Waals surface area contributed by atoms with Crippen molar-refractivity contribution in [3.63, 3.8) is 0 Å². The lowest BCUT2D eigenvalue weighted by molar-refractivity contribution is -0.136. The van der Waals surface area contributed by atoms with E-state index in [-0.39, 0.29) is 18.1 Å². The van der Waals surface area contributed by atoms with Crippen molar-refractivity contribution in [3.05, 3.63) is 29.8 Å². The Labute approximate surface area is 137 Å². The van der Waals surface area contributed by atoms with Crippen LogP contribution in [-0.4, -0.2) is 42.2 Å². The number of ether oxygens (including phenoxy) is 2. The number of carbonyl (C=O) groups is 1. The van der Waals surface area contributed by atoms with Gasteiger partial charge in [0.2, 0.25) is 5.91 Å². The van der Waals surface area contributed by atoms with Crippen molar-refractivity contribution in [2.45, 2.75) is 57.4 Å². The summed E-state index contributed by atoms with van der Waals surface area (Å²) >= 11 is 0. The average Bonchev–Trinajstić information content (AvgIpc) is 3.00. The van der Waals surface area contributed by atoms with Crippen LogP contribution < -0.4 is 10.5 Å². The number of nitrogens with zero attached hydrogens (tertiary/aromatic N) is 1. The van der Waals surface area contributed by atoms with Crippen LogP contribution in [0.3, 0.4) is 0 Å². The Morgan fingerprint density at radius 2 is 2.17 bits per heavy atom. The van der Waals surface area contributed by atoms with Crippen LogP contribution in [0.4, 0.5) is 0 Å². The number of hydrogen-bond acceptors (Lipinski definition) is 4. The molecule has 0 aromatic heterocycles. The number of rotatable bonds is 5. The van der Waals surface area contributed by atoms with Crippen LogP contribution in [0.25, 0.3) is 0 Å². The highest BCUT2D eigenvalue weighted by Gasteiger charge is 2.33. The smallest absolute Gasteiger partial charge is 0.237 e. The third-order valence-electron chi connectivity index (χ3n) is 4.78. The summed E-state index contributed by atoms with van der Waals surface area (Å²) in [4.78, 5) is 13.8. The third-order valence-corrected chi connectivity index (χ3v) is 4.78.